The highest BCUT2D eigenvalue weighted by Crippen LogP contribution is 2.11. The smallest absolute Gasteiger partial charge is 0.177 e. The summed E-state index contributed by atoms with van der Waals surface area (Å²) in [5.41, 5.74) is 0.544. The zero-order valence-corrected chi connectivity index (χ0v) is 11.7. The van der Waals surface area contributed by atoms with Crippen LogP contribution in [0.4, 0.5) is 8.78 Å². The van der Waals surface area contributed by atoms with Crippen LogP contribution in [0.2, 0.25) is 0 Å². The lowest BCUT2D eigenvalue weighted by Gasteiger charge is -2.04. The summed E-state index contributed by atoms with van der Waals surface area (Å²) in [5.74, 6) is -2.58. The van der Waals surface area contributed by atoms with Gasteiger partial charge >= 0.3 is 0 Å². The molecule has 0 saturated heterocycles. The number of halogens is 2. The molecule has 0 aliphatic rings. The van der Waals surface area contributed by atoms with Crippen molar-refractivity contribution in [2.24, 2.45) is 0 Å². The Kier molecular flexibility index (Phi) is 4.47. The topological polar surface area (TPSA) is 51.2 Å². The highest BCUT2D eigenvalue weighted by Gasteiger charge is 2.18. The summed E-state index contributed by atoms with van der Waals surface area (Å²) in [5, 5.41) is 0. The van der Waals surface area contributed by atoms with Gasteiger partial charge < -0.3 is 0 Å². The maximum Gasteiger partial charge on any atom is 0.177 e. The predicted molar refractivity (Wildman–Crippen MR) is 74.6 cm³/mol. The van der Waals surface area contributed by atoms with E-state index in [2.05, 4.69) is 0 Å². The Bertz CT molecular complexity index is 735. The van der Waals surface area contributed by atoms with Crippen LogP contribution in [0, 0.1) is 11.6 Å². The van der Waals surface area contributed by atoms with Crippen LogP contribution in [-0.2, 0) is 15.6 Å². The normalized spacial score (nSPS) is 11.3. The summed E-state index contributed by atoms with van der Waals surface area (Å²) in [7, 11) is -3.67. The number of carbonyl (C=O) groups excluding carboxylic acids is 1. The third-order valence-electron chi connectivity index (χ3n) is 2.82. The second kappa shape index (κ2) is 6.13. The Labute approximate surface area is 121 Å². The van der Waals surface area contributed by atoms with Gasteiger partial charge in [-0.05, 0) is 42.0 Å². The van der Waals surface area contributed by atoms with Crippen LogP contribution in [-0.4, -0.2) is 20.0 Å². The van der Waals surface area contributed by atoms with Gasteiger partial charge in [0.1, 0.15) is 17.4 Å². The number of carbonyl (C=O) groups is 1. The molecule has 21 heavy (non-hydrogen) atoms. The molecule has 0 spiro atoms. The third kappa shape index (κ3) is 4.46. The van der Waals surface area contributed by atoms with E-state index in [1.807, 2.05) is 0 Å². The minimum absolute atomic E-state index is 0.138. The Morgan fingerprint density at radius 1 is 0.857 bits per heavy atom. The molecular weight excluding hydrogens is 298 g/mol. The van der Waals surface area contributed by atoms with Gasteiger partial charge in [0.15, 0.2) is 15.6 Å². The monoisotopic (exact) mass is 310 g/mol. The van der Waals surface area contributed by atoms with E-state index in [0.717, 1.165) is 24.3 Å². The zero-order chi connectivity index (χ0) is 15.5. The zero-order valence-electron chi connectivity index (χ0n) is 10.9. The van der Waals surface area contributed by atoms with E-state index in [-0.39, 0.29) is 11.3 Å². The van der Waals surface area contributed by atoms with E-state index < -0.39 is 33.0 Å². The molecule has 0 heterocycles. The van der Waals surface area contributed by atoms with Crippen molar-refractivity contribution in [3.05, 3.63) is 71.3 Å². The van der Waals surface area contributed by atoms with Gasteiger partial charge in [0.2, 0.25) is 0 Å². The van der Waals surface area contributed by atoms with Crippen molar-refractivity contribution >= 4 is 15.6 Å². The van der Waals surface area contributed by atoms with Crippen LogP contribution < -0.4 is 0 Å². The maximum atomic E-state index is 12.7. The van der Waals surface area contributed by atoms with Crippen LogP contribution in [0.15, 0.2) is 48.5 Å². The molecule has 0 unspecified atom stereocenters. The summed E-state index contributed by atoms with van der Waals surface area (Å²) >= 11 is 0. The van der Waals surface area contributed by atoms with E-state index in [9.17, 15) is 22.0 Å². The van der Waals surface area contributed by atoms with Crippen LogP contribution in [0.1, 0.15) is 15.9 Å². The highest BCUT2D eigenvalue weighted by atomic mass is 32.2. The van der Waals surface area contributed by atoms with E-state index >= 15 is 0 Å². The third-order valence-corrected chi connectivity index (χ3v) is 4.29. The Morgan fingerprint density at radius 3 is 1.86 bits per heavy atom. The first-order valence-corrected chi connectivity index (χ1v) is 7.91. The number of rotatable bonds is 5. The minimum Gasteiger partial charge on any atom is -0.293 e. The van der Waals surface area contributed by atoms with Crippen molar-refractivity contribution in [2.45, 2.75) is 5.75 Å². The second-order valence-corrected chi connectivity index (χ2v) is 6.65. The lowest BCUT2D eigenvalue weighted by Crippen LogP contribution is -2.18. The second-order valence-electron chi connectivity index (χ2n) is 4.59. The molecule has 2 aromatic carbocycles. The largest absolute Gasteiger partial charge is 0.293 e. The molecule has 110 valence electrons. The van der Waals surface area contributed by atoms with Crippen LogP contribution >= 0.6 is 0 Å². The van der Waals surface area contributed by atoms with Crippen molar-refractivity contribution in [3.63, 3.8) is 0 Å². The molecule has 0 N–H and O–H groups in total. The first kappa shape index (κ1) is 15.3. The van der Waals surface area contributed by atoms with Crippen molar-refractivity contribution in [1.82, 2.24) is 0 Å². The van der Waals surface area contributed by atoms with Crippen molar-refractivity contribution in [3.8, 4) is 0 Å². The molecule has 2 aromatic rings. The molecule has 6 heteroatoms. The molecule has 0 radical (unpaired) electrons. The van der Waals surface area contributed by atoms with Crippen LogP contribution in [0.5, 0.6) is 0 Å². The molecule has 0 aliphatic carbocycles. The average Bonchev–Trinajstić information content (AvgIpc) is 2.41. The lowest BCUT2D eigenvalue weighted by molar-refractivity contribution is 0.102. The molecule has 0 aliphatic heterocycles. The van der Waals surface area contributed by atoms with Gasteiger partial charge in [0.05, 0.1) is 5.75 Å². The number of hydrogen-bond acceptors (Lipinski definition) is 3. The summed E-state index contributed by atoms with van der Waals surface area (Å²) in [6.45, 7) is 0. The van der Waals surface area contributed by atoms with Crippen molar-refractivity contribution in [1.29, 1.82) is 0 Å². The summed E-state index contributed by atoms with van der Waals surface area (Å²) in [6, 6.07) is 9.71. The van der Waals surface area contributed by atoms with Crippen molar-refractivity contribution in [2.75, 3.05) is 5.75 Å². The van der Waals surface area contributed by atoms with Gasteiger partial charge in [-0.25, -0.2) is 17.2 Å². The number of hydrogen-bond donors (Lipinski definition) is 0. The highest BCUT2D eigenvalue weighted by molar-refractivity contribution is 7.91. The number of ketones is 1. The summed E-state index contributed by atoms with van der Waals surface area (Å²) in [4.78, 5) is 11.9. The van der Waals surface area contributed by atoms with Crippen LogP contribution in [0.3, 0.4) is 0 Å². The summed E-state index contributed by atoms with van der Waals surface area (Å²) < 4.78 is 49.4. The fourth-order valence-corrected chi connectivity index (χ4v) is 3.17. The molecule has 2 rings (SSSR count). The Hall–Kier alpha value is -2.08. The molecule has 0 amide bonds. The fourth-order valence-electron chi connectivity index (χ4n) is 1.80. The van der Waals surface area contributed by atoms with E-state index in [0.29, 0.717) is 5.56 Å². The number of Topliss-reactive ketones (excluding diaryl/α,β-unsaturated/α-hetero) is 1. The van der Waals surface area contributed by atoms with Crippen molar-refractivity contribution < 1.29 is 22.0 Å². The van der Waals surface area contributed by atoms with Gasteiger partial charge in [-0.1, -0.05) is 12.1 Å². The van der Waals surface area contributed by atoms with Gasteiger partial charge in [-0.15, -0.1) is 0 Å². The standard InChI is InChI=1S/C15H12F2O3S/c16-13-5-1-11(2-6-13)9-21(19,20)10-15(18)12-3-7-14(17)8-4-12/h1-8H,9-10H2. The average molecular weight is 310 g/mol. The van der Waals surface area contributed by atoms with E-state index in [1.165, 1.54) is 24.3 Å². The van der Waals surface area contributed by atoms with Gasteiger partial charge in [-0.3, -0.25) is 4.79 Å². The summed E-state index contributed by atoms with van der Waals surface area (Å²) in [6.07, 6.45) is 0. The van der Waals surface area contributed by atoms with E-state index in [1.54, 1.807) is 0 Å². The molecule has 3 nitrogen and oxygen atoms in total. The minimum atomic E-state index is -3.67. The SMILES string of the molecule is O=C(CS(=O)(=O)Cc1ccc(F)cc1)c1ccc(F)cc1. The van der Waals surface area contributed by atoms with Gasteiger partial charge in [0, 0.05) is 5.56 Å². The maximum absolute atomic E-state index is 12.7. The molecule has 0 bridgehead atoms. The van der Waals surface area contributed by atoms with Gasteiger partial charge in [0.25, 0.3) is 0 Å². The molecule has 0 saturated carbocycles. The first-order valence-electron chi connectivity index (χ1n) is 6.09. The molecule has 0 aromatic heterocycles. The fraction of sp³-hybridized carbons (Fsp3) is 0.133. The van der Waals surface area contributed by atoms with E-state index in [4.69, 9.17) is 0 Å². The number of benzene rings is 2. The molecular formula is C15H12F2O3S. The number of sulfone groups is 1. The predicted octanol–water partition coefficient (Wildman–Crippen LogP) is 2.76. The van der Waals surface area contributed by atoms with Gasteiger partial charge in [-0.2, -0.15) is 0 Å². The first-order chi connectivity index (χ1) is 9.85. The molecule has 0 fully saturated rings. The lowest BCUT2D eigenvalue weighted by atomic mass is 10.1. The quantitative estimate of drug-likeness (QED) is 0.798. The van der Waals surface area contributed by atoms with Crippen LogP contribution in [0.25, 0.3) is 0 Å². The Morgan fingerprint density at radius 2 is 1.33 bits per heavy atom. The Balaban J connectivity index is 2.08. The molecule has 0 atom stereocenters.